The van der Waals surface area contributed by atoms with E-state index in [1.165, 1.54) is 11.8 Å². The van der Waals surface area contributed by atoms with Crippen molar-refractivity contribution in [3.63, 3.8) is 0 Å². The summed E-state index contributed by atoms with van der Waals surface area (Å²) in [5.41, 5.74) is 0. The molecule has 0 aliphatic carbocycles. The predicted octanol–water partition coefficient (Wildman–Crippen LogP) is 1.72. The lowest BCUT2D eigenvalue weighted by atomic mass is 11.0. The molecule has 1 heterocycles. The fourth-order valence-corrected chi connectivity index (χ4v) is 3.94. The molecule has 0 bridgehead atoms. The highest BCUT2D eigenvalue weighted by atomic mass is 79.9. The highest BCUT2D eigenvalue weighted by molar-refractivity contribution is 9.11. The molecule has 1 aliphatic heterocycles. The Morgan fingerprint density at radius 2 is 2.36 bits per heavy atom. The molecule has 0 aromatic rings. The van der Waals surface area contributed by atoms with E-state index in [-0.39, 0.29) is 4.38 Å². The number of hydrogen-bond donors (Lipinski definition) is 0. The Labute approximate surface area is 78.0 Å². The molecule has 0 unspecified atom stereocenters. The second-order valence-electron chi connectivity index (χ2n) is 1.80. The van der Waals surface area contributed by atoms with Crippen molar-refractivity contribution in [2.45, 2.75) is 6.92 Å². The van der Waals surface area contributed by atoms with Crippen molar-refractivity contribution in [3.05, 3.63) is 10.0 Å². The highest BCUT2D eigenvalue weighted by Gasteiger charge is 2.23. The van der Waals surface area contributed by atoms with Gasteiger partial charge in [0, 0.05) is 0 Å². The standard InChI is InChI=1S/C5H6BrNO2S2/c1-2-10-5-7-4(6)3-11(5,8)9/h3H,2H2,1H3. The zero-order valence-corrected chi connectivity index (χ0v) is 8.96. The molecule has 0 amide bonds. The maximum Gasteiger partial charge on any atom is 0.225 e. The number of thioether (sulfide) groups is 1. The van der Waals surface area contributed by atoms with Gasteiger partial charge in [-0.15, -0.1) is 0 Å². The van der Waals surface area contributed by atoms with Crippen LogP contribution >= 0.6 is 27.7 Å². The average Bonchev–Trinajstić information content (AvgIpc) is 2.07. The van der Waals surface area contributed by atoms with Crippen molar-refractivity contribution >= 4 is 41.9 Å². The van der Waals surface area contributed by atoms with E-state index >= 15 is 0 Å². The Morgan fingerprint density at radius 1 is 1.73 bits per heavy atom. The third kappa shape index (κ3) is 2.07. The van der Waals surface area contributed by atoms with E-state index in [0.29, 0.717) is 10.4 Å². The Bertz CT molecular complexity index is 317. The Hall–Kier alpha value is 0.190. The Balaban J connectivity index is 2.95. The maximum absolute atomic E-state index is 11.1. The first-order valence-corrected chi connectivity index (χ1v) is 6.22. The molecule has 0 spiro atoms. The number of aliphatic imine (C=N–C) groups is 1. The normalized spacial score (nSPS) is 21.3. The molecule has 0 saturated carbocycles. The molecule has 0 N–H and O–H groups in total. The van der Waals surface area contributed by atoms with Crippen LogP contribution in [0.15, 0.2) is 15.0 Å². The predicted molar refractivity (Wildman–Crippen MR) is 51.5 cm³/mol. The van der Waals surface area contributed by atoms with Gasteiger partial charge in [-0.05, 0) is 21.7 Å². The van der Waals surface area contributed by atoms with Crippen LogP contribution < -0.4 is 0 Å². The van der Waals surface area contributed by atoms with Crippen LogP contribution in [0, 0.1) is 0 Å². The minimum absolute atomic E-state index is 0.187. The zero-order valence-electron chi connectivity index (χ0n) is 5.74. The summed E-state index contributed by atoms with van der Waals surface area (Å²) in [4.78, 5) is 3.80. The summed E-state index contributed by atoms with van der Waals surface area (Å²) in [5.74, 6) is 0.714. The summed E-state index contributed by atoms with van der Waals surface area (Å²) < 4.78 is 22.8. The van der Waals surface area contributed by atoms with Crippen LogP contribution in [0.3, 0.4) is 0 Å². The van der Waals surface area contributed by atoms with E-state index in [9.17, 15) is 8.42 Å². The largest absolute Gasteiger partial charge is 0.225 e. The van der Waals surface area contributed by atoms with Crippen LogP contribution in [0.25, 0.3) is 0 Å². The SMILES string of the molecule is CCSC1=NC(Br)=CS1(=O)=O. The first kappa shape index (κ1) is 9.28. The molecule has 62 valence electrons. The minimum Gasteiger partial charge on any atom is -0.221 e. The molecule has 6 heteroatoms. The van der Waals surface area contributed by atoms with Gasteiger partial charge < -0.3 is 0 Å². The van der Waals surface area contributed by atoms with Gasteiger partial charge in [0.25, 0.3) is 0 Å². The van der Waals surface area contributed by atoms with E-state index in [2.05, 4.69) is 20.9 Å². The average molecular weight is 256 g/mol. The summed E-state index contributed by atoms with van der Waals surface area (Å²) in [5, 5.41) is 1.12. The molecule has 11 heavy (non-hydrogen) atoms. The van der Waals surface area contributed by atoms with Crippen molar-refractivity contribution in [1.29, 1.82) is 0 Å². The number of sulfone groups is 1. The topological polar surface area (TPSA) is 46.5 Å². The van der Waals surface area contributed by atoms with Crippen LogP contribution in [0.1, 0.15) is 6.92 Å². The fraction of sp³-hybridized carbons (Fsp3) is 0.400. The molecule has 0 aromatic carbocycles. The molecular weight excluding hydrogens is 250 g/mol. The first-order chi connectivity index (χ1) is 5.06. The second-order valence-corrected chi connectivity index (χ2v) is 5.83. The van der Waals surface area contributed by atoms with Gasteiger partial charge in [0.2, 0.25) is 9.84 Å². The number of rotatable bonds is 1. The number of nitrogens with zero attached hydrogens (tertiary/aromatic N) is 1. The Kier molecular flexibility index (Phi) is 2.77. The quantitative estimate of drug-likeness (QED) is 0.671. The lowest BCUT2D eigenvalue weighted by molar-refractivity contribution is 0.616. The summed E-state index contributed by atoms with van der Waals surface area (Å²) in [6.07, 6.45) is 0. The molecule has 3 nitrogen and oxygen atoms in total. The zero-order chi connectivity index (χ0) is 8.48. The molecule has 1 aliphatic rings. The molecule has 0 saturated heterocycles. The van der Waals surface area contributed by atoms with E-state index < -0.39 is 9.84 Å². The molecule has 0 radical (unpaired) electrons. The van der Waals surface area contributed by atoms with E-state index in [1.54, 1.807) is 0 Å². The third-order valence-corrected chi connectivity index (χ3v) is 4.46. The number of halogens is 1. The van der Waals surface area contributed by atoms with Crippen molar-refractivity contribution in [3.8, 4) is 0 Å². The van der Waals surface area contributed by atoms with Gasteiger partial charge in [-0.25, -0.2) is 13.4 Å². The third-order valence-electron chi connectivity index (χ3n) is 0.962. The summed E-state index contributed by atoms with van der Waals surface area (Å²) in [6, 6.07) is 0. The molecule has 0 aromatic heterocycles. The lowest BCUT2D eigenvalue weighted by Crippen LogP contribution is -2.03. The Morgan fingerprint density at radius 3 is 2.73 bits per heavy atom. The van der Waals surface area contributed by atoms with Crippen LogP contribution in [-0.4, -0.2) is 18.5 Å². The smallest absolute Gasteiger partial charge is 0.221 e. The van der Waals surface area contributed by atoms with Crippen molar-refractivity contribution < 1.29 is 8.42 Å². The van der Waals surface area contributed by atoms with E-state index in [1.807, 2.05) is 6.92 Å². The van der Waals surface area contributed by atoms with Crippen LogP contribution in [-0.2, 0) is 9.84 Å². The second kappa shape index (κ2) is 3.28. The van der Waals surface area contributed by atoms with E-state index in [0.717, 1.165) is 5.41 Å². The molecule has 0 fully saturated rings. The highest BCUT2D eigenvalue weighted by Crippen LogP contribution is 2.25. The number of hydrogen-bond acceptors (Lipinski definition) is 4. The minimum atomic E-state index is -3.19. The van der Waals surface area contributed by atoms with Gasteiger partial charge in [-0.2, -0.15) is 0 Å². The van der Waals surface area contributed by atoms with Crippen molar-refractivity contribution in [2.24, 2.45) is 4.99 Å². The van der Waals surface area contributed by atoms with Gasteiger partial charge >= 0.3 is 0 Å². The van der Waals surface area contributed by atoms with Crippen LogP contribution in [0.5, 0.6) is 0 Å². The fourth-order valence-electron chi connectivity index (χ4n) is 0.593. The monoisotopic (exact) mass is 255 g/mol. The van der Waals surface area contributed by atoms with Gasteiger partial charge in [0.1, 0.15) is 4.61 Å². The summed E-state index contributed by atoms with van der Waals surface area (Å²) in [7, 11) is -3.19. The summed E-state index contributed by atoms with van der Waals surface area (Å²) in [6.45, 7) is 1.88. The molecule has 1 rings (SSSR count). The molecular formula is C5H6BrNO2S2. The van der Waals surface area contributed by atoms with Crippen molar-refractivity contribution in [1.82, 2.24) is 0 Å². The molecule has 0 atom stereocenters. The first-order valence-electron chi connectivity index (χ1n) is 2.90. The van der Waals surface area contributed by atoms with Crippen LogP contribution in [0.2, 0.25) is 0 Å². The van der Waals surface area contributed by atoms with Gasteiger partial charge in [0.05, 0.1) is 5.41 Å². The van der Waals surface area contributed by atoms with Gasteiger partial charge in [0.15, 0.2) is 4.38 Å². The maximum atomic E-state index is 11.1. The van der Waals surface area contributed by atoms with Gasteiger partial charge in [-0.1, -0.05) is 18.7 Å². The van der Waals surface area contributed by atoms with Crippen molar-refractivity contribution in [2.75, 3.05) is 5.75 Å². The van der Waals surface area contributed by atoms with Crippen LogP contribution in [0.4, 0.5) is 0 Å². The van der Waals surface area contributed by atoms with Gasteiger partial charge in [-0.3, -0.25) is 0 Å². The lowest BCUT2D eigenvalue weighted by Gasteiger charge is -1.93. The summed E-state index contributed by atoms with van der Waals surface area (Å²) >= 11 is 4.23. The van der Waals surface area contributed by atoms with E-state index in [4.69, 9.17) is 0 Å².